The molecule has 1 saturated carbocycles. The van der Waals surface area contributed by atoms with Crippen LogP contribution in [0.1, 0.15) is 43.2 Å². The molecule has 3 amide bonds. The Morgan fingerprint density at radius 3 is 2.68 bits per heavy atom. The minimum atomic E-state index is -0.458. The maximum absolute atomic E-state index is 12.9. The van der Waals surface area contributed by atoms with Crippen LogP contribution in [-0.4, -0.2) is 34.9 Å². The maximum atomic E-state index is 12.9. The smallest absolute Gasteiger partial charge is 0.329 e. The number of halogens is 1. The van der Waals surface area contributed by atoms with Gasteiger partial charge >= 0.3 is 6.03 Å². The highest BCUT2D eigenvalue weighted by atomic mass is 79.9. The third kappa shape index (κ3) is 5.06. The van der Waals surface area contributed by atoms with Gasteiger partial charge in [0.1, 0.15) is 12.3 Å². The molecule has 0 unspecified atom stereocenters. The molecule has 0 atom stereocenters. The molecular weight excluding hydrogens is 506 g/mol. The number of amides is 3. The number of hydrogen-bond donors (Lipinski definition) is 1. The van der Waals surface area contributed by atoms with Gasteiger partial charge in [-0.15, -0.1) is 0 Å². The summed E-state index contributed by atoms with van der Waals surface area (Å²) >= 11 is 3.48. The standard InChI is InChI=1S/C24H24BrN3O6/c1-33-21-13-16(12-20-23(29)27(24(30)26-20)17-7-3-2-4-8-17)11-19(25)22(21)34-14-15-6-5-9-18(10-15)28(31)32/h5-6,9-13,17H,2-4,7-8,14H2,1H3,(H,26,30)/b20-12-. The molecule has 2 aliphatic rings. The second-order valence-electron chi connectivity index (χ2n) is 8.20. The number of methoxy groups -OCH3 is 1. The van der Waals surface area contributed by atoms with Crippen LogP contribution in [-0.2, 0) is 11.4 Å². The predicted molar refractivity (Wildman–Crippen MR) is 128 cm³/mol. The Kier molecular flexibility index (Phi) is 7.16. The number of non-ortho nitro benzene ring substituents is 1. The van der Waals surface area contributed by atoms with Crippen molar-refractivity contribution in [2.75, 3.05) is 7.11 Å². The van der Waals surface area contributed by atoms with Crippen molar-refractivity contribution in [2.24, 2.45) is 0 Å². The van der Waals surface area contributed by atoms with Crippen LogP contribution in [0.25, 0.3) is 6.08 Å². The highest BCUT2D eigenvalue weighted by molar-refractivity contribution is 9.10. The van der Waals surface area contributed by atoms with Crippen molar-refractivity contribution >= 4 is 39.6 Å². The Hall–Kier alpha value is -3.40. The van der Waals surface area contributed by atoms with E-state index in [1.807, 2.05) is 0 Å². The lowest BCUT2D eigenvalue weighted by Gasteiger charge is -2.28. The van der Waals surface area contributed by atoms with Crippen molar-refractivity contribution in [2.45, 2.75) is 44.8 Å². The van der Waals surface area contributed by atoms with Crippen molar-refractivity contribution < 1.29 is 24.0 Å². The Bertz CT molecular complexity index is 1160. The summed E-state index contributed by atoms with van der Waals surface area (Å²) in [6.07, 6.45) is 6.45. The molecule has 4 rings (SSSR count). The summed E-state index contributed by atoms with van der Waals surface area (Å²) in [6, 6.07) is 9.21. The predicted octanol–water partition coefficient (Wildman–Crippen LogP) is 5.17. The van der Waals surface area contributed by atoms with E-state index in [2.05, 4.69) is 21.2 Å². The van der Waals surface area contributed by atoms with Crippen LogP contribution in [0.5, 0.6) is 11.5 Å². The third-order valence-corrected chi connectivity index (χ3v) is 6.51. The first kappa shape index (κ1) is 23.7. The van der Waals surface area contributed by atoms with Gasteiger partial charge in [0.05, 0.1) is 16.5 Å². The molecule has 1 aliphatic heterocycles. The van der Waals surface area contributed by atoms with Crippen molar-refractivity contribution in [3.8, 4) is 11.5 Å². The monoisotopic (exact) mass is 529 g/mol. The quantitative estimate of drug-likeness (QED) is 0.229. The van der Waals surface area contributed by atoms with Gasteiger partial charge in [0.2, 0.25) is 0 Å². The van der Waals surface area contributed by atoms with E-state index in [-0.39, 0.29) is 36.0 Å². The zero-order valence-corrected chi connectivity index (χ0v) is 20.2. The minimum Gasteiger partial charge on any atom is -0.493 e. The summed E-state index contributed by atoms with van der Waals surface area (Å²) in [5.41, 5.74) is 1.48. The van der Waals surface area contributed by atoms with E-state index < -0.39 is 4.92 Å². The molecule has 1 N–H and O–H groups in total. The Morgan fingerprint density at radius 2 is 1.97 bits per heavy atom. The minimum absolute atomic E-state index is 0.0142. The molecular formula is C24H24BrN3O6. The normalized spacial score (nSPS) is 17.7. The molecule has 1 aliphatic carbocycles. The number of carbonyl (C=O) groups excluding carboxylic acids is 2. The number of nitrogens with zero attached hydrogens (tertiary/aromatic N) is 2. The fourth-order valence-electron chi connectivity index (χ4n) is 4.26. The topological polar surface area (TPSA) is 111 Å². The molecule has 2 aromatic rings. The van der Waals surface area contributed by atoms with E-state index in [1.54, 1.807) is 30.3 Å². The van der Waals surface area contributed by atoms with Gasteiger partial charge in [-0.1, -0.05) is 31.4 Å². The first-order valence-electron chi connectivity index (χ1n) is 11.0. The van der Waals surface area contributed by atoms with Gasteiger partial charge in [0.15, 0.2) is 11.5 Å². The number of nitrogens with one attached hydrogen (secondary N) is 1. The average Bonchev–Trinajstić information content (AvgIpc) is 3.11. The fraction of sp³-hybridized carbons (Fsp3) is 0.333. The summed E-state index contributed by atoms with van der Waals surface area (Å²) < 4.78 is 11.9. The van der Waals surface area contributed by atoms with Crippen molar-refractivity contribution in [3.63, 3.8) is 0 Å². The van der Waals surface area contributed by atoms with E-state index in [1.165, 1.54) is 24.1 Å². The number of nitro groups is 1. The number of benzene rings is 2. The summed E-state index contributed by atoms with van der Waals surface area (Å²) in [5, 5.41) is 13.7. The van der Waals surface area contributed by atoms with E-state index in [0.717, 1.165) is 32.1 Å². The molecule has 10 heteroatoms. The first-order valence-corrected chi connectivity index (χ1v) is 11.8. The van der Waals surface area contributed by atoms with Gasteiger partial charge in [0, 0.05) is 18.2 Å². The molecule has 1 heterocycles. The first-order chi connectivity index (χ1) is 16.4. The number of carbonyl (C=O) groups is 2. The van der Waals surface area contributed by atoms with Gasteiger partial charge in [-0.25, -0.2) is 4.79 Å². The van der Waals surface area contributed by atoms with Crippen LogP contribution in [0.2, 0.25) is 0 Å². The summed E-state index contributed by atoms with van der Waals surface area (Å²) in [4.78, 5) is 37.3. The van der Waals surface area contributed by atoms with Gasteiger partial charge < -0.3 is 14.8 Å². The molecule has 9 nitrogen and oxygen atoms in total. The Balaban J connectivity index is 1.53. The lowest BCUT2D eigenvalue weighted by Crippen LogP contribution is -2.41. The Morgan fingerprint density at radius 1 is 1.21 bits per heavy atom. The molecule has 0 radical (unpaired) electrons. The summed E-state index contributed by atoms with van der Waals surface area (Å²) in [7, 11) is 1.49. The highest BCUT2D eigenvalue weighted by Gasteiger charge is 2.39. The molecule has 0 spiro atoms. The zero-order valence-electron chi connectivity index (χ0n) is 18.6. The third-order valence-electron chi connectivity index (χ3n) is 5.92. The van der Waals surface area contributed by atoms with Crippen LogP contribution in [0.3, 0.4) is 0 Å². The molecule has 0 bridgehead atoms. The van der Waals surface area contributed by atoms with Gasteiger partial charge in [-0.3, -0.25) is 19.8 Å². The van der Waals surface area contributed by atoms with Gasteiger partial charge in [-0.2, -0.15) is 0 Å². The fourth-order valence-corrected chi connectivity index (χ4v) is 4.84. The van der Waals surface area contributed by atoms with E-state index in [0.29, 0.717) is 27.1 Å². The second kappa shape index (κ2) is 10.3. The zero-order chi connectivity index (χ0) is 24.2. The number of urea groups is 1. The van der Waals surface area contributed by atoms with E-state index in [9.17, 15) is 19.7 Å². The largest absolute Gasteiger partial charge is 0.493 e. The Labute approximate surface area is 205 Å². The second-order valence-corrected chi connectivity index (χ2v) is 9.06. The number of nitro benzene ring substituents is 1. The molecule has 0 aromatic heterocycles. The maximum Gasteiger partial charge on any atom is 0.329 e. The summed E-state index contributed by atoms with van der Waals surface area (Å²) in [6.45, 7) is 0.0992. The summed E-state index contributed by atoms with van der Waals surface area (Å²) in [5.74, 6) is 0.507. The lowest BCUT2D eigenvalue weighted by molar-refractivity contribution is -0.384. The average molecular weight is 530 g/mol. The van der Waals surface area contributed by atoms with Crippen LogP contribution in [0.15, 0.2) is 46.6 Å². The molecule has 178 valence electrons. The molecule has 34 heavy (non-hydrogen) atoms. The van der Waals surface area contributed by atoms with E-state index in [4.69, 9.17) is 9.47 Å². The van der Waals surface area contributed by atoms with Gasteiger partial charge in [0.25, 0.3) is 11.6 Å². The number of hydrogen-bond acceptors (Lipinski definition) is 6. The molecule has 2 fully saturated rings. The molecule has 2 aromatic carbocycles. The number of rotatable bonds is 7. The van der Waals surface area contributed by atoms with Crippen molar-refractivity contribution in [1.29, 1.82) is 0 Å². The molecule has 1 saturated heterocycles. The number of ether oxygens (including phenoxy) is 2. The lowest BCUT2D eigenvalue weighted by atomic mass is 9.94. The van der Waals surface area contributed by atoms with Crippen molar-refractivity contribution in [1.82, 2.24) is 10.2 Å². The van der Waals surface area contributed by atoms with Crippen molar-refractivity contribution in [3.05, 3.63) is 67.8 Å². The SMILES string of the molecule is COc1cc(/C=C2\NC(=O)N(C3CCCCC3)C2=O)cc(Br)c1OCc1cccc([N+](=O)[O-])c1. The van der Waals surface area contributed by atoms with Crippen LogP contribution < -0.4 is 14.8 Å². The van der Waals surface area contributed by atoms with Crippen LogP contribution in [0.4, 0.5) is 10.5 Å². The van der Waals surface area contributed by atoms with Crippen LogP contribution in [0, 0.1) is 10.1 Å². The van der Waals surface area contributed by atoms with E-state index >= 15 is 0 Å². The van der Waals surface area contributed by atoms with Crippen LogP contribution >= 0.6 is 15.9 Å². The highest BCUT2D eigenvalue weighted by Crippen LogP contribution is 2.38. The number of imide groups is 1. The van der Waals surface area contributed by atoms with Gasteiger partial charge in [-0.05, 0) is 58.1 Å².